The summed E-state index contributed by atoms with van der Waals surface area (Å²) < 4.78 is 5.09. The fourth-order valence-electron chi connectivity index (χ4n) is 2.09. The van der Waals surface area contributed by atoms with E-state index in [0.717, 1.165) is 17.5 Å². The van der Waals surface area contributed by atoms with E-state index >= 15 is 0 Å². The Hall–Kier alpha value is -2.35. The third-order valence-electron chi connectivity index (χ3n) is 3.15. The number of hydrogen-bond donors (Lipinski definition) is 2. The highest BCUT2D eigenvalue weighted by Gasteiger charge is 2.40. The van der Waals surface area contributed by atoms with Crippen LogP contribution in [0.5, 0.6) is 5.75 Å². The molecule has 3 N–H and O–H groups in total. The van der Waals surface area contributed by atoms with E-state index in [-0.39, 0.29) is 5.91 Å². The average molecular weight is 334 g/mol. The van der Waals surface area contributed by atoms with Gasteiger partial charge in [0.05, 0.1) is 13.0 Å². The van der Waals surface area contributed by atoms with E-state index < -0.39 is 17.1 Å². The molecule has 1 aliphatic rings. The number of amides is 2. The molecule has 122 valence electrons. The smallest absolute Gasteiger partial charge is 0.240 e. The van der Waals surface area contributed by atoms with Gasteiger partial charge in [-0.15, -0.1) is 5.10 Å². The van der Waals surface area contributed by atoms with Gasteiger partial charge in [-0.1, -0.05) is 23.9 Å². The molecule has 0 bridgehead atoms. The Kier molecular flexibility index (Phi) is 5.38. The Balaban J connectivity index is 2.27. The first kappa shape index (κ1) is 17.0. The number of amidine groups is 1. The van der Waals surface area contributed by atoms with Gasteiger partial charge in [-0.05, 0) is 31.5 Å². The van der Waals surface area contributed by atoms with Crippen molar-refractivity contribution in [3.05, 3.63) is 29.8 Å². The minimum atomic E-state index is -0.759. The van der Waals surface area contributed by atoms with Crippen molar-refractivity contribution >= 4 is 34.5 Å². The van der Waals surface area contributed by atoms with Gasteiger partial charge in [0.2, 0.25) is 11.8 Å². The van der Waals surface area contributed by atoms with Crippen LogP contribution >= 0.6 is 11.8 Å². The molecule has 0 aliphatic carbocycles. The van der Waals surface area contributed by atoms with Crippen molar-refractivity contribution in [2.75, 3.05) is 7.11 Å². The molecule has 2 atom stereocenters. The monoisotopic (exact) mass is 334 g/mol. The molecule has 1 saturated heterocycles. The Morgan fingerprint density at radius 3 is 2.52 bits per heavy atom. The van der Waals surface area contributed by atoms with Crippen LogP contribution in [0.15, 0.2) is 34.5 Å². The summed E-state index contributed by atoms with van der Waals surface area (Å²) in [5.74, 6) is -0.975. The fraction of sp³-hybridized carbons (Fsp3) is 0.333. The van der Waals surface area contributed by atoms with Gasteiger partial charge in [0, 0.05) is 5.71 Å². The summed E-state index contributed by atoms with van der Waals surface area (Å²) in [6, 6.07) is 6.90. The van der Waals surface area contributed by atoms with Crippen molar-refractivity contribution in [2.24, 2.45) is 15.9 Å². The third-order valence-corrected chi connectivity index (χ3v) is 4.30. The number of nitrogens with one attached hydrogen (secondary N) is 1. The van der Waals surface area contributed by atoms with Crippen LogP contribution in [0.2, 0.25) is 0 Å². The molecule has 23 heavy (non-hydrogen) atoms. The summed E-state index contributed by atoms with van der Waals surface area (Å²) in [6.45, 7) is 3.60. The number of hydrogen-bond acceptors (Lipinski definition) is 6. The zero-order valence-corrected chi connectivity index (χ0v) is 13.9. The normalized spacial score (nSPS) is 20.0. The summed E-state index contributed by atoms with van der Waals surface area (Å²) in [6.07, 6.45) is 0. The van der Waals surface area contributed by atoms with Crippen molar-refractivity contribution in [1.82, 2.24) is 5.32 Å². The molecule has 0 saturated carbocycles. The van der Waals surface area contributed by atoms with Crippen LogP contribution in [0.1, 0.15) is 25.3 Å². The molecule has 7 nitrogen and oxygen atoms in total. The molecule has 1 aliphatic heterocycles. The van der Waals surface area contributed by atoms with Gasteiger partial charge < -0.3 is 15.8 Å². The highest BCUT2D eigenvalue weighted by molar-refractivity contribution is 8.15. The van der Waals surface area contributed by atoms with Crippen LogP contribution in [0, 0.1) is 0 Å². The molecule has 2 unspecified atom stereocenters. The minimum Gasteiger partial charge on any atom is -0.497 e. The van der Waals surface area contributed by atoms with Crippen molar-refractivity contribution in [2.45, 2.75) is 25.0 Å². The lowest BCUT2D eigenvalue weighted by molar-refractivity contribution is -0.124. The third kappa shape index (κ3) is 4.10. The Morgan fingerprint density at radius 1 is 1.35 bits per heavy atom. The number of primary amides is 1. The van der Waals surface area contributed by atoms with E-state index in [1.165, 1.54) is 0 Å². The molecule has 0 spiro atoms. The highest BCUT2D eigenvalue weighted by Crippen LogP contribution is 2.33. The Labute approximate surface area is 138 Å². The maximum Gasteiger partial charge on any atom is 0.240 e. The molecular weight excluding hydrogens is 316 g/mol. The predicted octanol–water partition coefficient (Wildman–Crippen LogP) is 1.25. The largest absolute Gasteiger partial charge is 0.497 e. The van der Waals surface area contributed by atoms with Crippen molar-refractivity contribution in [1.29, 1.82) is 0 Å². The first-order valence-corrected chi connectivity index (χ1v) is 7.80. The lowest BCUT2D eigenvalue weighted by atomic mass is 9.94. The van der Waals surface area contributed by atoms with Crippen LogP contribution in [-0.2, 0) is 9.59 Å². The molecule has 2 rings (SSSR count). The number of nitrogens with two attached hydrogens (primary N) is 1. The van der Waals surface area contributed by atoms with Gasteiger partial charge in [0.25, 0.3) is 0 Å². The SMILES string of the molecule is COc1ccc(C(C(N)=O)C2SC(=NN=C(C)C)NC2=O)cc1. The van der Waals surface area contributed by atoms with Gasteiger partial charge in [-0.2, -0.15) is 5.10 Å². The fourth-order valence-corrected chi connectivity index (χ4v) is 3.17. The highest BCUT2D eigenvalue weighted by atomic mass is 32.2. The van der Waals surface area contributed by atoms with Crippen molar-refractivity contribution in [3.8, 4) is 5.75 Å². The standard InChI is InChI=1S/C15H18N4O3S/c1-8(2)18-19-15-17-14(21)12(23-15)11(13(16)20)9-4-6-10(22-3)7-5-9/h4-7,11-12H,1-3H3,(H2,16,20)(H,17,19,21). The molecular formula is C15H18N4O3S. The van der Waals surface area contributed by atoms with Gasteiger partial charge >= 0.3 is 0 Å². The van der Waals surface area contributed by atoms with Crippen LogP contribution in [0.25, 0.3) is 0 Å². The molecule has 0 radical (unpaired) electrons. The number of carbonyl (C=O) groups is 2. The second-order valence-corrected chi connectivity index (χ2v) is 6.26. The molecule has 1 aromatic carbocycles. The predicted molar refractivity (Wildman–Crippen MR) is 90.7 cm³/mol. The molecule has 1 heterocycles. The number of thioether (sulfide) groups is 1. The maximum atomic E-state index is 12.2. The maximum absolute atomic E-state index is 12.2. The van der Waals surface area contributed by atoms with Crippen molar-refractivity contribution < 1.29 is 14.3 Å². The van der Waals surface area contributed by atoms with E-state index in [9.17, 15) is 9.59 Å². The van der Waals surface area contributed by atoms with Gasteiger partial charge in [0.15, 0.2) is 5.17 Å². The van der Waals surface area contributed by atoms with Crippen molar-refractivity contribution in [3.63, 3.8) is 0 Å². The van der Waals surface area contributed by atoms with Crippen LogP contribution in [0.4, 0.5) is 0 Å². The van der Waals surface area contributed by atoms with Crippen LogP contribution < -0.4 is 15.8 Å². The first-order valence-electron chi connectivity index (χ1n) is 6.92. The van der Waals surface area contributed by atoms with Gasteiger partial charge in [-0.25, -0.2) is 0 Å². The molecule has 1 fully saturated rings. The Morgan fingerprint density at radius 2 is 2.00 bits per heavy atom. The lowest BCUT2D eigenvalue weighted by Crippen LogP contribution is -2.35. The van der Waals surface area contributed by atoms with E-state index in [0.29, 0.717) is 16.5 Å². The average Bonchev–Trinajstić information content (AvgIpc) is 2.87. The number of benzene rings is 1. The zero-order chi connectivity index (χ0) is 17.0. The van der Waals surface area contributed by atoms with Crippen LogP contribution in [0.3, 0.4) is 0 Å². The number of methoxy groups -OCH3 is 1. The molecule has 0 aromatic heterocycles. The number of ether oxygens (including phenoxy) is 1. The van der Waals surface area contributed by atoms with E-state index in [2.05, 4.69) is 15.5 Å². The van der Waals surface area contributed by atoms with Crippen LogP contribution in [-0.4, -0.2) is 35.1 Å². The van der Waals surface area contributed by atoms with E-state index in [1.54, 1.807) is 45.2 Å². The second-order valence-electron chi connectivity index (χ2n) is 5.13. The summed E-state index contributed by atoms with van der Waals surface area (Å²) in [7, 11) is 1.56. The molecule has 1 aromatic rings. The second kappa shape index (κ2) is 7.28. The topological polar surface area (TPSA) is 106 Å². The number of carbonyl (C=O) groups excluding carboxylic acids is 2. The summed E-state index contributed by atoms with van der Waals surface area (Å²) in [4.78, 5) is 24.1. The summed E-state index contributed by atoms with van der Waals surface area (Å²) in [5.41, 5.74) is 6.93. The number of nitrogens with zero attached hydrogens (tertiary/aromatic N) is 2. The zero-order valence-electron chi connectivity index (χ0n) is 13.1. The van der Waals surface area contributed by atoms with Gasteiger partial charge in [0.1, 0.15) is 11.0 Å². The lowest BCUT2D eigenvalue weighted by Gasteiger charge is -2.17. The van der Waals surface area contributed by atoms with E-state index in [4.69, 9.17) is 10.5 Å². The van der Waals surface area contributed by atoms with E-state index in [1.807, 2.05) is 0 Å². The first-order chi connectivity index (χ1) is 10.9. The minimum absolute atomic E-state index is 0.308. The Bertz CT molecular complexity index is 666. The quantitative estimate of drug-likeness (QED) is 0.624. The molecule has 2 amide bonds. The molecule has 8 heteroatoms. The number of rotatable bonds is 5. The summed E-state index contributed by atoms with van der Waals surface area (Å²) in [5, 5.41) is 10.2. The van der Waals surface area contributed by atoms with Gasteiger partial charge in [-0.3, -0.25) is 9.59 Å². The summed E-state index contributed by atoms with van der Waals surface area (Å²) >= 11 is 1.15.